The van der Waals surface area contributed by atoms with Crippen LogP contribution in [0, 0.1) is 0 Å². The van der Waals surface area contributed by atoms with Crippen LogP contribution in [0.3, 0.4) is 0 Å². The highest BCUT2D eigenvalue weighted by atomic mass is 32.1. The topological polar surface area (TPSA) is 66.6 Å². The molecule has 1 aromatic rings. The van der Waals surface area contributed by atoms with E-state index in [1.54, 1.807) is 17.4 Å². The lowest BCUT2D eigenvalue weighted by Crippen LogP contribution is -2.37. The molecule has 0 aliphatic carbocycles. The molecule has 0 spiro atoms. The third-order valence-corrected chi connectivity index (χ3v) is 4.05. The highest BCUT2D eigenvalue weighted by Crippen LogP contribution is 2.11. The lowest BCUT2D eigenvalue weighted by molar-refractivity contribution is -0.125. The van der Waals surface area contributed by atoms with Crippen LogP contribution in [-0.2, 0) is 9.59 Å². The van der Waals surface area contributed by atoms with Crippen molar-refractivity contribution in [3.8, 4) is 0 Å². The monoisotopic (exact) mass is 293 g/mol. The Labute approximate surface area is 122 Å². The van der Waals surface area contributed by atoms with Gasteiger partial charge in [-0.25, -0.2) is 0 Å². The molecule has 0 saturated carbocycles. The maximum Gasteiger partial charge on any atom is 0.246 e. The van der Waals surface area contributed by atoms with Gasteiger partial charge in [-0.1, -0.05) is 6.07 Å². The predicted molar refractivity (Wildman–Crippen MR) is 80.2 cm³/mol. The maximum atomic E-state index is 12.1. The van der Waals surface area contributed by atoms with Gasteiger partial charge in [-0.05, 0) is 23.9 Å². The van der Waals surface area contributed by atoms with Crippen molar-refractivity contribution in [2.24, 2.45) is 5.73 Å². The van der Waals surface area contributed by atoms with Crippen molar-refractivity contribution in [1.29, 1.82) is 0 Å². The molecule has 0 aromatic carbocycles. The predicted octanol–water partition coefficient (Wildman–Crippen LogP) is 0.781. The molecule has 0 atom stereocenters. The summed E-state index contributed by atoms with van der Waals surface area (Å²) in [6.45, 7) is 3.14. The van der Waals surface area contributed by atoms with Gasteiger partial charge in [0.1, 0.15) is 0 Å². The molecule has 2 heterocycles. The minimum absolute atomic E-state index is 0.0272. The van der Waals surface area contributed by atoms with Gasteiger partial charge in [-0.3, -0.25) is 14.5 Å². The highest BCUT2D eigenvalue weighted by molar-refractivity contribution is 7.10. The molecule has 0 unspecified atom stereocenters. The summed E-state index contributed by atoms with van der Waals surface area (Å²) in [6.07, 6.45) is 4.33. The standard InChI is InChI=1S/C14H19N3O2S/c15-13(18)11-16-6-2-7-17(9-8-16)14(19)5-4-12-3-1-10-20-12/h1,3-5,10H,2,6-9,11H2,(H2,15,18). The summed E-state index contributed by atoms with van der Waals surface area (Å²) >= 11 is 1.61. The number of rotatable bonds is 4. The molecule has 1 saturated heterocycles. The van der Waals surface area contributed by atoms with Crippen LogP contribution in [0.5, 0.6) is 0 Å². The van der Waals surface area contributed by atoms with Crippen LogP contribution >= 0.6 is 11.3 Å². The Bertz CT molecular complexity index is 485. The molecule has 1 aliphatic heterocycles. The molecule has 0 bridgehead atoms. The van der Waals surface area contributed by atoms with E-state index >= 15 is 0 Å². The molecule has 2 amide bonds. The zero-order valence-electron chi connectivity index (χ0n) is 11.3. The van der Waals surface area contributed by atoms with Gasteiger partial charge < -0.3 is 10.6 Å². The van der Waals surface area contributed by atoms with Gasteiger partial charge in [-0.15, -0.1) is 11.3 Å². The Morgan fingerprint density at radius 2 is 2.15 bits per heavy atom. The molecule has 1 aromatic heterocycles. The SMILES string of the molecule is NC(=O)CN1CCCN(C(=O)C=Cc2cccs2)CC1. The molecule has 6 heteroatoms. The van der Waals surface area contributed by atoms with Gasteiger partial charge in [0.2, 0.25) is 11.8 Å². The molecular formula is C14H19N3O2S. The summed E-state index contributed by atoms with van der Waals surface area (Å²) in [6, 6.07) is 3.94. The Balaban J connectivity index is 1.86. The Kier molecular flexibility index (Phi) is 5.31. The second-order valence-electron chi connectivity index (χ2n) is 4.77. The van der Waals surface area contributed by atoms with Gasteiger partial charge in [0.05, 0.1) is 6.54 Å². The largest absolute Gasteiger partial charge is 0.369 e. The number of amides is 2. The maximum absolute atomic E-state index is 12.1. The lowest BCUT2D eigenvalue weighted by Gasteiger charge is -2.19. The van der Waals surface area contributed by atoms with Crippen LogP contribution in [0.1, 0.15) is 11.3 Å². The van der Waals surface area contributed by atoms with Crippen LogP contribution in [-0.4, -0.2) is 54.3 Å². The summed E-state index contributed by atoms with van der Waals surface area (Å²) in [4.78, 5) is 27.9. The highest BCUT2D eigenvalue weighted by Gasteiger charge is 2.18. The third kappa shape index (κ3) is 4.47. The quantitative estimate of drug-likeness (QED) is 0.834. The minimum atomic E-state index is -0.317. The van der Waals surface area contributed by atoms with E-state index in [0.29, 0.717) is 13.1 Å². The summed E-state index contributed by atoms with van der Waals surface area (Å²) in [5.74, 6) is -0.290. The van der Waals surface area contributed by atoms with Gasteiger partial charge >= 0.3 is 0 Å². The second-order valence-corrected chi connectivity index (χ2v) is 5.75. The Hall–Kier alpha value is -1.66. The van der Waals surface area contributed by atoms with Gasteiger partial charge in [0.15, 0.2) is 0 Å². The third-order valence-electron chi connectivity index (χ3n) is 3.21. The number of nitrogens with two attached hydrogens (primary N) is 1. The minimum Gasteiger partial charge on any atom is -0.369 e. The lowest BCUT2D eigenvalue weighted by atomic mass is 10.3. The van der Waals surface area contributed by atoms with E-state index in [0.717, 1.165) is 24.4 Å². The van der Waals surface area contributed by atoms with E-state index in [1.165, 1.54) is 0 Å². The first-order chi connectivity index (χ1) is 9.65. The fourth-order valence-corrected chi connectivity index (χ4v) is 2.83. The average molecular weight is 293 g/mol. The van der Waals surface area contributed by atoms with Gasteiger partial charge in [0, 0.05) is 37.1 Å². The number of nitrogens with zero attached hydrogens (tertiary/aromatic N) is 2. The van der Waals surface area contributed by atoms with Crippen LogP contribution in [0.4, 0.5) is 0 Å². The first-order valence-electron chi connectivity index (χ1n) is 6.66. The van der Waals surface area contributed by atoms with E-state index in [4.69, 9.17) is 5.73 Å². The first kappa shape index (κ1) is 14.7. The van der Waals surface area contributed by atoms with Crippen molar-refractivity contribution < 1.29 is 9.59 Å². The van der Waals surface area contributed by atoms with Crippen LogP contribution in [0.25, 0.3) is 6.08 Å². The molecule has 2 rings (SSSR count). The average Bonchev–Trinajstić information content (AvgIpc) is 2.82. The van der Waals surface area contributed by atoms with E-state index in [9.17, 15) is 9.59 Å². The number of hydrogen-bond acceptors (Lipinski definition) is 4. The number of carbonyl (C=O) groups excluding carboxylic acids is 2. The number of hydrogen-bond donors (Lipinski definition) is 1. The van der Waals surface area contributed by atoms with Crippen molar-refractivity contribution in [2.75, 3.05) is 32.7 Å². The number of carbonyl (C=O) groups is 2. The molecule has 108 valence electrons. The zero-order chi connectivity index (χ0) is 14.4. The van der Waals surface area contributed by atoms with Crippen LogP contribution in [0.2, 0.25) is 0 Å². The second kappa shape index (κ2) is 7.21. The van der Waals surface area contributed by atoms with Crippen LogP contribution in [0.15, 0.2) is 23.6 Å². The van der Waals surface area contributed by atoms with Crippen molar-refractivity contribution >= 4 is 29.2 Å². The Morgan fingerprint density at radius 1 is 1.30 bits per heavy atom. The van der Waals surface area contributed by atoms with E-state index in [1.807, 2.05) is 33.4 Å². The smallest absolute Gasteiger partial charge is 0.246 e. The van der Waals surface area contributed by atoms with E-state index < -0.39 is 0 Å². The van der Waals surface area contributed by atoms with Gasteiger partial charge in [-0.2, -0.15) is 0 Å². The summed E-state index contributed by atoms with van der Waals surface area (Å²) in [5.41, 5.74) is 5.20. The number of thiophene rings is 1. The van der Waals surface area contributed by atoms with E-state index in [-0.39, 0.29) is 18.4 Å². The molecular weight excluding hydrogens is 274 g/mol. The van der Waals surface area contributed by atoms with Crippen molar-refractivity contribution in [3.05, 3.63) is 28.5 Å². The molecule has 2 N–H and O–H groups in total. The summed E-state index contributed by atoms with van der Waals surface area (Å²) in [7, 11) is 0. The Morgan fingerprint density at radius 3 is 2.85 bits per heavy atom. The molecule has 20 heavy (non-hydrogen) atoms. The normalized spacial score (nSPS) is 17.3. The fourth-order valence-electron chi connectivity index (χ4n) is 2.21. The van der Waals surface area contributed by atoms with Crippen molar-refractivity contribution in [1.82, 2.24) is 9.80 Å². The molecule has 1 fully saturated rings. The summed E-state index contributed by atoms with van der Waals surface area (Å²) in [5, 5.41) is 1.98. The first-order valence-corrected chi connectivity index (χ1v) is 7.54. The molecule has 1 aliphatic rings. The number of primary amides is 1. The van der Waals surface area contributed by atoms with Crippen molar-refractivity contribution in [3.63, 3.8) is 0 Å². The zero-order valence-corrected chi connectivity index (χ0v) is 12.1. The van der Waals surface area contributed by atoms with Crippen LogP contribution < -0.4 is 5.73 Å². The van der Waals surface area contributed by atoms with Crippen molar-refractivity contribution in [2.45, 2.75) is 6.42 Å². The summed E-state index contributed by atoms with van der Waals surface area (Å²) < 4.78 is 0. The fraction of sp³-hybridized carbons (Fsp3) is 0.429. The van der Waals surface area contributed by atoms with E-state index in [2.05, 4.69) is 0 Å². The molecule has 5 nitrogen and oxygen atoms in total. The van der Waals surface area contributed by atoms with Gasteiger partial charge in [0.25, 0.3) is 0 Å². The molecule has 0 radical (unpaired) electrons.